The topological polar surface area (TPSA) is 44.1 Å². The van der Waals surface area contributed by atoms with Gasteiger partial charge in [0.05, 0.1) is 5.39 Å². The fraction of sp³-hybridized carbons (Fsp3) is 0.294. The van der Waals surface area contributed by atoms with E-state index in [-0.39, 0.29) is 5.56 Å². The van der Waals surface area contributed by atoms with Gasteiger partial charge in [0.15, 0.2) is 5.16 Å². The van der Waals surface area contributed by atoms with Crippen LogP contribution in [0.2, 0.25) is 5.02 Å². The van der Waals surface area contributed by atoms with Crippen LogP contribution in [0.5, 0.6) is 0 Å². The maximum absolute atomic E-state index is 13.1. The van der Waals surface area contributed by atoms with E-state index in [1.807, 2.05) is 35.9 Å². The minimum Gasteiger partial charge on any atom is -0.385 e. The van der Waals surface area contributed by atoms with Crippen LogP contribution in [0.1, 0.15) is 6.42 Å². The van der Waals surface area contributed by atoms with Crippen molar-refractivity contribution in [2.75, 3.05) is 20.0 Å². The third kappa shape index (κ3) is 3.24. The Labute approximate surface area is 153 Å². The van der Waals surface area contributed by atoms with Crippen molar-refractivity contribution < 1.29 is 4.74 Å². The molecule has 0 amide bonds. The van der Waals surface area contributed by atoms with E-state index < -0.39 is 0 Å². The SMILES string of the molecule is COCCCn1c(SC)nc2scc(-c3ccccc3Cl)c2c1=O. The molecule has 3 rings (SSSR count). The minimum atomic E-state index is -0.0170. The maximum Gasteiger partial charge on any atom is 0.263 e. The van der Waals surface area contributed by atoms with Crippen molar-refractivity contribution in [3.05, 3.63) is 45.0 Å². The molecule has 3 aromatic rings. The third-order valence-corrected chi connectivity index (χ3v) is 5.61. The number of thioether (sulfide) groups is 1. The second-order valence-electron chi connectivity index (χ2n) is 5.21. The lowest BCUT2D eigenvalue weighted by molar-refractivity contribution is 0.189. The van der Waals surface area contributed by atoms with Crippen LogP contribution in [0.15, 0.2) is 39.6 Å². The molecule has 0 radical (unpaired) electrons. The second-order valence-corrected chi connectivity index (χ2v) is 7.25. The smallest absolute Gasteiger partial charge is 0.263 e. The Bertz CT molecular complexity index is 921. The van der Waals surface area contributed by atoms with Crippen LogP contribution in [0, 0.1) is 0 Å². The summed E-state index contributed by atoms with van der Waals surface area (Å²) in [6.07, 6.45) is 2.70. The van der Waals surface area contributed by atoms with E-state index in [1.54, 1.807) is 11.7 Å². The van der Waals surface area contributed by atoms with Crippen molar-refractivity contribution >= 4 is 44.9 Å². The van der Waals surface area contributed by atoms with Gasteiger partial charge >= 0.3 is 0 Å². The Kier molecular flexibility index (Phi) is 5.61. The lowest BCUT2D eigenvalue weighted by atomic mass is 10.1. The summed E-state index contributed by atoms with van der Waals surface area (Å²) in [7, 11) is 1.66. The number of fused-ring (bicyclic) bond motifs is 1. The predicted octanol–water partition coefficient (Wildman–Crippen LogP) is 4.54. The molecule has 0 saturated carbocycles. The molecule has 1 aromatic carbocycles. The fourth-order valence-electron chi connectivity index (χ4n) is 2.60. The zero-order valence-electron chi connectivity index (χ0n) is 13.4. The van der Waals surface area contributed by atoms with Gasteiger partial charge in [-0.2, -0.15) is 0 Å². The number of methoxy groups -OCH3 is 1. The molecule has 0 aliphatic rings. The van der Waals surface area contributed by atoms with Crippen LogP contribution in [-0.2, 0) is 11.3 Å². The molecule has 7 heteroatoms. The first-order valence-electron chi connectivity index (χ1n) is 7.47. The first-order chi connectivity index (χ1) is 11.7. The summed E-state index contributed by atoms with van der Waals surface area (Å²) < 4.78 is 6.84. The van der Waals surface area contributed by atoms with Crippen molar-refractivity contribution in [2.24, 2.45) is 0 Å². The summed E-state index contributed by atoms with van der Waals surface area (Å²) in [5.41, 5.74) is 1.70. The highest BCUT2D eigenvalue weighted by atomic mass is 35.5. The number of aromatic nitrogens is 2. The van der Waals surface area contributed by atoms with Gasteiger partial charge in [-0.1, -0.05) is 41.6 Å². The Morgan fingerprint density at radius 1 is 1.33 bits per heavy atom. The number of nitrogens with zero attached hydrogens (tertiary/aromatic N) is 2. The number of ether oxygens (including phenoxy) is 1. The summed E-state index contributed by atoms with van der Waals surface area (Å²) in [6, 6.07) is 7.57. The molecular weight excluding hydrogens is 364 g/mol. The molecule has 0 spiro atoms. The monoisotopic (exact) mass is 380 g/mol. The van der Waals surface area contributed by atoms with Gasteiger partial charge in [0.25, 0.3) is 5.56 Å². The summed E-state index contributed by atoms with van der Waals surface area (Å²) in [6.45, 7) is 1.20. The van der Waals surface area contributed by atoms with Gasteiger partial charge in [-0.25, -0.2) is 4.98 Å². The Balaban J connectivity index is 2.19. The van der Waals surface area contributed by atoms with Gasteiger partial charge in [0.2, 0.25) is 0 Å². The van der Waals surface area contributed by atoms with Gasteiger partial charge in [-0.3, -0.25) is 9.36 Å². The average Bonchev–Trinajstić information content (AvgIpc) is 3.01. The quantitative estimate of drug-likeness (QED) is 0.358. The fourth-order valence-corrected chi connectivity index (χ4v) is 4.40. The highest BCUT2D eigenvalue weighted by Crippen LogP contribution is 2.35. The van der Waals surface area contributed by atoms with Crippen LogP contribution < -0.4 is 5.56 Å². The van der Waals surface area contributed by atoms with E-state index in [2.05, 4.69) is 4.98 Å². The number of thiophene rings is 1. The van der Waals surface area contributed by atoms with Gasteiger partial charge in [-0.05, 0) is 18.7 Å². The van der Waals surface area contributed by atoms with Crippen molar-refractivity contribution in [3.8, 4) is 11.1 Å². The van der Waals surface area contributed by atoms with Crippen molar-refractivity contribution in [3.63, 3.8) is 0 Å². The van der Waals surface area contributed by atoms with Crippen molar-refractivity contribution in [1.82, 2.24) is 9.55 Å². The molecule has 24 heavy (non-hydrogen) atoms. The number of benzene rings is 1. The van der Waals surface area contributed by atoms with E-state index in [9.17, 15) is 4.79 Å². The number of halogens is 1. The van der Waals surface area contributed by atoms with E-state index in [4.69, 9.17) is 16.3 Å². The van der Waals surface area contributed by atoms with E-state index >= 15 is 0 Å². The second kappa shape index (κ2) is 7.70. The van der Waals surface area contributed by atoms with E-state index in [0.717, 1.165) is 27.5 Å². The molecule has 2 heterocycles. The molecule has 0 bridgehead atoms. The molecular formula is C17H17ClN2O2S2. The Morgan fingerprint density at radius 2 is 2.12 bits per heavy atom. The summed E-state index contributed by atoms with van der Waals surface area (Å²) >= 11 is 9.28. The Morgan fingerprint density at radius 3 is 2.83 bits per heavy atom. The molecule has 0 fully saturated rings. The zero-order valence-corrected chi connectivity index (χ0v) is 15.8. The van der Waals surface area contributed by atoms with Crippen molar-refractivity contribution in [1.29, 1.82) is 0 Å². The zero-order chi connectivity index (χ0) is 17.1. The lowest BCUT2D eigenvalue weighted by Crippen LogP contribution is -2.23. The minimum absolute atomic E-state index is 0.0170. The predicted molar refractivity (Wildman–Crippen MR) is 103 cm³/mol. The largest absolute Gasteiger partial charge is 0.385 e. The molecule has 0 aliphatic heterocycles. The first kappa shape index (κ1) is 17.5. The van der Waals surface area contributed by atoms with Crippen LogP contribution in [0.4, 0.5) is 0 Å². The van der Waals surface area contributed by atoms with Crippen LogP contribution in [-0.4, -0.2) is 29.5 Å². The highest BCUT2D eigenvalue weighted by molar-refractivity contribution is 7.98. The van der Waals surface area contributed by atoms with E-state index in [1.165, 1.54) is 23.1 Å². The standard InChI is InChI=1S/C17H17ClN2O2S2/c1-22-9-5-8-20-16(21)14-12(11-6-3-4-7-13(11)18)10-24-15(14)19-17(20)23-2/h3-4,6-7,10H,5,8-9H2,1-2H3. The highest BCUT2D eigenvalue weighted by Gasteiger charge is 2.17. The first-order valence-corrected chi connectivity index (χ1v) is 9.95. The summed E-state index contributed by atoms with van der Waals surface area (Å²) in [4.78, 5) is 18.5. The molecule has 2 aromatic heterocycles. The van der Waals surface area contributed by atoms with Gasteiger partial charge in [0.1, 0.15) is 4.83 Å². The van der Waals surface area contributed by atoms with Crippen molar-refractivity contribution in [2.45, 2.75) is 18.1 Å². The number of rotatable bonds is 6. The molecule has 0 atom stereocenters. The maximum atomic E-state index is 13.1. The molecule has 126 valence electrons. The average molecular weight is 381 g/mol. The van der Waals surface area contributed by atoms with Gasteiger partial charge in [0, 0.05) is 41.8 Å². The van der Waals surface area contributed by atoms with Crippen LogP contribution >= 0.6 is 34.7 Å². The molecule has 0 unspecified atom stereocenters. The normalized spacial score (nSPS) is 11.3. The number of hydrogen-bond donors (Lipinski definition) is 0. The van der Waals surface area contributed by atoms with Gasteiger partial charge < -0.3 is 4.74 Å². The van der Waals surface area contributed by atoms with Crippen LogP contribution in [0.25, 0.3) is 21.3 Å². The molecule has 4 nitrogen and oxygen atoms in total. The molecule has 0 aliphatic carbocycles. The van der Waals surface area contributed by atoms with Crippen LogP contribution in [0.3, 0.4) is 0 Å². The molecule has 0 N–H and O–H groups in total. The lowest BCUT2D eigenvalue weighted by Gasteiger charge is -2.11. The number of hydrogen-bond acceptors (Lipinski definition) is 5. The Hall–Kier alpha value is -1.34. The van der Waals surface area contributed by atoms with E-state index in [0.29, 0.717) is 23.6 Å². The third-order valence-electron chi connectivity index (χ3n) is 3.74. The van der Waals surface area contributed by atoms with Gasteiger partial charge in [-0.15, -0.1) is 11.3 Å². The summed E-state index contributed by atoms with van der Waals surface area (Å²) in [5, 5.41) is 3.97. The molecule has 0 saturated heterocycles. The summed E-state index contributed by atoms with van der Waals surface area (Å²) in [5.74, 6) is 0.